The molecule has 0 fully saturated rings. The Bertz CT molecular complexity index is 826. The van der Waals surface area contributed by atoms with Crippen LogP contribution in [0.15, 0.2) is 56.7 Å². The lowest BCUT2D eigenvalue weighted by molar-refractivity contribution is -0.128. The first-order chi connectivity index (χ1) is 11.6. The Morgan fingerprint density at radius 2 is 1.92 bits per heavy atom. The van der Waals surface area contributed by atoms with E-state index in [0.29, 0.717) is 16.9 Å². The Labute approximate surface area is 143 Å². The van der Waals surface area contributed by atoms with E-state index in [1.165, 1.54) is 11.8 Å². The number of carbonyl (C=O) groups excluding carboxylic acids is 1. The molecule has 1 atom stereocenters. The van der Waals surface area contributed by atoms with E-state index in [9.17, 15) is 4.79 Å². The van der Waals surface area contributed by atoms with Crippen LogP contribution in [0.25, 0.3) is 11.5 Å². The van der Waals surface area contributed by atoms with Gasteiger partial charge < -0.3 is 13.7 Å². The van der Waals surface area contributed by atoms with Crippen LogP contribution >= 0.6 is 11.8 Å². The number of nitrogens with zero attached hydrogens (tertiary/aromatic N) is 3. The summed E-state index contributed by atoms with van der Waals surface area (Å²) in [5.41, 5.74) is 1.64. The highest BCUT2D eigenvalue weighted by molar-refractivity contribution is 8.00. The van der Waals surface area contributed by atoms with Crippen LogP contribution in [-0.2, 0) is 4.79 Å². The van der Waals surface area contributed by atoms with Gasteiger partial charge in [0.15, 0.2) is 0 Å². The summed E-state index contributed by atoms with van der Waals surface area (Å²) in [4.78, 5) is 14.1. The molecule has 2 aromatic heterocycles. The number of benzene rings is 1. The summed E-state index contributed by atoms with van der Waals surface area (Å²) in [6.45, 7) is 1.83. The van der Waals surface area contributed by atoms with Crippen LogP contribution in [0.1, 0.15) is 16.6 Å². The smallest absolute Gasteiger partial charge is 0.277 e. The van der Waals surface area contributed by atoms with Gasteiger partial charge in [-0.15, -0.1) is 10.2 Å². The van der Waals surface area contributed by atoms with Crippen molar-refractivity contribution in [3.05, 3.63) is 54.0 Å². The van der Waals surface area contributed by atoms with Crippen molar-refractivity contribution < 1.29 is 13.6 Å². The molecule has 1 aromatic carbocycles. The molecule has 2 heterocycles. The minimum atomic E-state index is -0.444. The van der Waals surface area contributed by atoms with Crippen molar-refractivity contribution in [3.8, 4) is 11.5 Å². The minimum absolute atomic E-state index is 0.0366. The Hall–Kier alpha value is -2.54. The lowest BCUT2D eigenvalue weighted by atomic mass is 10.1. The van der Waals surface area contributed by atoms with E-state index in [1.807, 2.05) is 37.3 Å². The van der Waals surface area contributed by atoms with Gasteiger partial charge in [-0.3, -0.25) is 4.79 Å². The van der Waals surface area contributed by atoms with Crippen molar-refractivity contribution in [2.45, 2.75) is 17.4 Å². The molecule has 0 aliphatic heterocycles. The van der Waals surface area contributed by atoms with Crippen LogP contribution in [0.2, 0.25) is 0 Å². The van der Waals surface area contributed by atoms with Gasteiger partial charge in [0.25, 0.3) is 11.1 Å². The summed E-state index contributed by atoms with van der Waals surface area (Å²) in [6.07, 6.45) is 1.57. The van der Waals surface area contributed by atoms with Crippen molar-refractivity contribution in [3.63, 3.8) is 0 Å². The fourth-order valence-electron chi connectivity index (χ4n) is 2.20. The van der Waals surface area contributed by atoms with Crippen LogP contribution in [0.4, 0.5) is 0 Å². The second-order valence-electron chi connectivity index (χ2n) is 5.40. The Morgan fingerprint density at radius 1 is 1.17 bits per heavy atom. The first-order valence-electron chi connectivity index (χ1n) is 7.37. The summed E-state index contributed by atoms with van der Waals surface area (Å²) in [5.74, 6) is 1.05. The zero-order valence-corrected chi connectivity index (χ0v) is 14.4. The highest BCUT2D eigenvalue weighted by Gasteiger charge is 2.26. The topological polar surface area (TPSA) is 72.4 Å². The maximum atomic E-state index is 12.5. The fraction of sp³-hybridized carbons (Fsp3) is 0.235. The number of likely N-dealkylation sites (N-methyl/N-ethyl adjacent to an activating group) is 1. The quantitative estimate of drug-likeness (QED) is 0.660. The number of rotatable bonds is 5. The van der Waals surface area contributed by atoms with E-state index >= 15 is 0 Å². The first kappa shape index (κ1) is 16.3. The first-order valence-corrected chi connectivity index (χ1v) is 8.25. The van der Waals surface area contributed by atoms with E-state index in [1.54, 1.807) is 31.3 Å². The molecule has 7 heteroatoms. The van der Waals surface area contributed by atoms with Crippen molar-refractivity contribution in [2.24, 2.45) is 0 Å². The number of hydrogen-bond donors (Lipinski definition) is 0. The third kappa shape index (κ3) is 3.35. The molecule has 24 heavy (non-hydrogen) atoms. The molecule has 0 N–H and O–H groups in total. The Morgan fingerprint density at radius 3 is 2.54 bits per heavy atom. The molecule has 3 rings (SSSR count). The van der Waals surface area contributed by atoms with Crippen molar-refractivity contribution in [2.75, 3.05) is 14.1 Å². The molecule has 3 aromatic rings. The van der Waals surface area contributed by atoms with Gasteiger partial charge in [-0.25, -0.2) is 0 Å². The molecule has 0 bridgehead atoms. The van der Waals surface area contributed by atoms with Crippen LogP contribution in [0, 0.1) is 6.92 Å². The Kier molecular flexibility index (Phi) is 4.71. The molecule has 6 nitrogen and oxygen atoms in total. The molecular weight excluding hydrogens is 326 g/mol. The lowest BCUT2D eigenvalue weighted by Gasteiger charge is -2.18. The monoisotopic (exact) mass is 343 g/mol. The average molecular weight is 343 g/mol. The van der Waals surface area contributed by atoms with Gasteiger partial charge in [-0.1, -0.05) is 30.3 Å². The standard InChI is InChI=1S/C17H17N3O3S/c1-11-13(9-10-22-11)15-18-19-17(23-15)24-14(16(21)20(2)3)12-7-5-4-6-8-12/h4-10,14H,1-3H3/t14-/m1/s1. The van der Waals surface area contributed by atoms with Crippen molar-refractivity contribution >= 4 is 17.7 Å². The van der Waals surface area contributed by atoms with Crippen molar-refractivity contribution in [1.82, 2.24) is 15.1 Å². The highest BCUT2D eigenvalue weighted by Crippen LogP contribution is 2.37. The summed E-state index contributed by atoms with van der Waals surface area (Å²) < 4.78 is 11.0. The van der Waals surface area contributed by atoms with Gasteiger partial charge in [0, 0.05) is 14.1 Å². The molecule has 0 saturated heterocycles. The Balaban J connectivity index is 1.87. The highest BCUT2D eigenvalue weighted by atomic mass is 32.2. The summed E-state index contributed by atoms with van der Waals surface area (Å²) in [6, 6.07) is 11.3. The summed E-state index contributed by atoms with van der Waals surface area (Å²) >= 11 is 1.24. The lowest BCUT2D eigenvalue weighted by Crippen LogP contribution is -2.26. The van der Waals surface area contributed by atoms with E-state index in [0.717, 1.165) is 11.1 Å². The molecular formula is C17H17N3O3S. The summed E-state index contributed by atoms with van der Waals surface area (Å²) in [7, 11) is 3.46. The second-order valence-corrected chi connectivity index (χ2v) is 6.46. The predicted octanol–water partition coefficient (Wildman–Crippen LogP) is 3.56. The third-order valence-corrected chi connectivity index (χ3v) is 4.56. The maximum Gasteiger partial charge on any atom is 0.277 e. The van der Waals surface area contributed by atoms with Gasteiger partial charge in [-0.2, -0.15) is 0 Å². The van der Waals surface area contributed by atoms with Gasteiger partial charge >= 0.3 is 0 Å². The largest absolute Gasteiger partial charge is 0.469 e. The number of hydrogen-bond acceptors (Lipinski definition) is 6. The minimum Gasteiger partial charge on any atom is -0.469 e. The number of aromatic nitrogens is 2. The zero-order valence-electron chi connectivity index (χ0n) is 13.6. The van der Waals surface area contributed by atoms with Gasteiger partial charge in [0.05, 0.1) is 11.8 Å². The van der Waals surface area contributed by atoms with Gasteiger partial charge in [0.1, 0.15) is 11.0 Å². The molecule has 0 spiro atoms. The fourth-order valence-corrected chi connectivity index (χ4v) is 3.22. The summed E-state index contributed by atoms with van der Waals surface area (Å²) in [5, 5.41) is 8.00. The zero-order chi connectivity index (χ0) is 17.1. The van der Waals surface area contributed by atoms with Crippen LogP contribution < -0.4 is 0 Å². The van der Waals surface area contributed by atoms with Gasteiger partial charge in [0.2, 0.25) is 5.91 Å². The maximum absolute atomic E-state index is 12.5. The van der Waals surface area contributed by atoms with Crippen LogP contribution in [0.3, 0.4) is 0 Å². The molecule has 0 radical (unpaired) electrons. The molecule has 124 valence electrons. The molecule has 0 aliphatic rings. The van der Waals surface area contributed by atoms with E-state index in [4.69, 9.17) is 8.83 Å². The van der Waals surface area contributed by atoms with E-state index in [-0.39, 0.29) is 5.91 Å². The second kappa shape index (κ2) is 6.92. The normalized spacial score (nSPS) is 12.1. The molecule has 0 aliphatic carbocycles. The number of carbonyl (C=O) groups is 1. The molecule has 0 saturated carbocycles. The van der Waals surface area contributed by atoms with E-state index in [2.05, 4.69) is 10.2 Å². The number of furan rings is 1. The van der Waals surface area contributed by atoms with Crippen molar-refractivity contribution in [1.29, 1.82) is 0 Å². The van der Waals surface area contributed by atoms with Crippen LogP contribution in [0.5, 0.6) is 0 Å². The molecule has 1 amide bonds. The average Bonchev–Trinajstić information content (AvgIpc) is 3.21. The third-order valence-electron chi connectivity index (χ3n) is 3.48. The number of aryl methyl sites for hydroxylation is 1. The SMILES string of the molecule is Cc1occc1-c1nnc(S[C@@H](C(=O)N(C)C)c2ccccc2)o1. The van der Waals surface area contributed by atoms with Gasteiger partial charge in [-0.05, 0) is 30.3 Å². The number of amides is 1. The van der Waals surface area contributed by atoms with Crippen LogP contribution in [-0.4, -0.2) is 35.1 Å². The predicted molar refractivity (Wildman–Crippen MR) is 90.5 cm³/mol. The molecule has 0 unspecified atom stereocenters. The number of thioether (sulfide) groups is 1. The van der Waals surface area contributed by atoms with E-state index < -0.39 is 5.25 Å².